The molecule has 0 spiro atoms. The smallest absolute Gasteiger partial charge is 0.248 e. The van der Waals surface area contributed by atoms with Crippen molar-refractivity contribution in [2.75, 3.05) is 0 Å². The maximum Gasteiger partial charge on any atom is 0.248 e. The van der Waals surface area contributed by atoms with E-state index in [4.69, 9.17) is 0 Å². The maximum atomic E-state index is 11.4. The minimum atomic E-state index is -0.0732. The van der Waals surface area contributed by atoms with Gasteiger partial charge in [0.2, 0.25) is 5.91 Å². The van der Waals surface area contributed by atoms with Crippen LogP contribution in [0, 0.1) is 6.92 Å². The van der Waals surface area contributed by atoms with Crippen LogP contribution in [0.4, 0.5) is 0 Å². The summed E-state index contributed by atoms with van der Waals surface area (Å²) < 4.78 is 2.01. The highest BCUT2D eigenvalue weighted by molar-refractivity contribution is 7.07. The highest BCUT2D eigenvalue weighted by atomic mass is 32.1. The van der Waals surface area contributed by atoms with E-state index < -0.39 is 0 Å². The summed E-state index contributed by atoms with van der Waals surface area (Å²) in [5.74, 6) is -0.0732. The van der Waals surface area contributed by atoms with Crippen LogP contribution >= 0.6 is 11.3 Å². The fourth-order valence-electron chi connectivity index (χ4n) is 1.66. The van der Waals surface area contributed by atoms with Crippen molar-refractivity contribution in [2.45, 2.75) is 26.8 Å². The minimum Gasteiger partial charge on any atom is -0.319 e. The van der Waals surface area contributed by atoms with Crippen LogP contribution in [0.2, 0.25) is 0 Å². The molecule has 0 bridgehead atoms. The van der Waals surface area contributed by atoms with Crippen LogP contribution in [-0.2, 0) is 11.3 Å². The van der Waals surface area contributed by atoms with Crippen LogP contribution in [-0.4, -0.2) is 10.5 Å². The molecular weight excluding hydrogens is 244 g/mol. The number of thiazole rings is 1. The van der Waals surface area contributed by atoms with Crippen molar-refractivity contribution in [3.63, 3.8) is 0 Å². The van der Waals surface area contributed by atoms with Gasteiger partial charge < -0.3 is 4.57 Å². The molecule has 0 N–H and O–H groups in total. The Kier molecular flexibility index (Phi) is 4.10. The van der Waals surface area contributed by atoms with Crippen LogP contribution in [0.15, 0.2) is 40.8 Å². The topological polar surface area (TPSA) is 34.4 Å². The summed E-state index contributed by atoms with van der Waals surface area (Å²) in [7, 11) is 0. The predicted octanol–water partition coefficient (Wildman–Crippen LogP) is 2.74. The molecule has 0 radical (unpaired) electrons. The third-order valence-electron chi connectivity index (χ3n) is 2.78. The average molecular weight is 260 g/mol. The molecule has 0 aliphatic carbocycles. The molecule has 2 aromatic rings. The molecule has 0 fully saturated rings. The quantitative estimate of drug-likeness (QED) is 0.835. The van der Waals surface area contributed by atoms with Crippen LogP contribution in [0.1, 0.15) is 24.5 Å². The SMILES string of the molecule is CCC(=O)N=c1sccn1Cc1ccccc1C. The van der Waals surface area contributed by atoms with Crippen molar-refractivity contribution in [3.05, 3.63) is 51.8 Å². The van der Waals surface area contributed by atoms with Crippen molar-refractivity contribution in [1.82, 2.24) is 4.57 Å². The molecule has 4 heteroatoms. The van der Waals surface area contributed by atoms with Gasteiger partial charge in [0.25, 0.3) is 0 Å². The second-order valence-corrected chi connectivity index (χ2v) is 4.97. The number of nitrogens with zero attached hydrogens (tertiary/aromatic N) is 2. The summed E-state index contributed by atoms with van der Waals surface area (Å²) in [5, 5.41) is 1.96. The highest BCUT2D eigenvalue weighted by Crippen LogP contribution is 2.08. The van der Waals surface area contributed by atoms with Gasteiger partial charge >= 0.3 is 0 Å². The van der Waals surface area contributed by atoms with Crippen molar-refractivity contribution in [3.8, 4) is 0 Å². The zero-order chi connectivity index (χ0) is 13.0. The largest absolute Gasteiger partial charge is 0.319 e. The summed E-state index contributed by atoms with van der Waals surface area (Å²) >= 11 is 1.49. The number of benzene rings is 1. The number of aromatic nitrogens is 1. The first-order valence-electron chi connectivity index (χ1n) is 5.96. The number of aryl methyl sites for hydroxylation is 1. The molecule has 3 nitrogen and oxygen atoms in total. The minimum absolute atomic E-state index is 0.0732. The standard InChI is InChI=1S/C14H16N2OS/c1-3-13(17)15-14-16(8-9-18-14)10-12-7-5-4-6-11(12)2/h4-9H,3,10H2,1-2H3. The number of hydrogen-bond donors (Lipinski definition) is 0. The summed E-state index contributed by atoms with van der Waals surface area (Å²) in [5.41, 5.74) is 2.50. The first kappa shape index (κ1) is 12.8. The molecule has 18 heavy (non-hydrogen) atoms. The Labute approximate surface area is 110 Å². The lowest BCUT2D eigenvalue weighted by molar-refractivity contribution is -0.117. The van der Waals surface area contributed by atoms with E-state index in [0.717, 1.165) is 11.3 Å². The van der Waals surface area contributed by atoms with E-state index in [2.05, 4.69) is 24.0 Å². The average Bonchev–Trinajstić information content (AvgIpc) is 2.79. The number of amides is 1. The number of carbonyl (C=O) groups is 1. The van der Waals surface area contributed by atoms with Crippen molar-refractivity contribution in [2.24, 2.45) is 4.99 Å². The van der Waals surface area contributed by atoms with Gasteiger partial charge in [0.05, 0.1) is 6.54 Å². The summed E-state index contributed by atoms with van der Waals surface area (Å²) in [6.07, 6.45) is 2.42. The van der Waals surface area contributed by atoms with E-state index in [9.17, 15) is 4.79 Å². The van der Waals surface area contributed by atoms with E-state index in [-0.39, 0.29) is 5.91 Å². The van der Waals surface area contributed by atoms with Gasteiger partial charge in [0.1, 0.15) is 0 Å². The summed E-state index contributed by atoms with van der Waals surface area (Å²) in [6, 6.07) is 8.26. The van der Waals surface area contributed by atoms with E-state index >= 15 is 0 Å². The third-order valence-corrected chi connectivity index (χ3v) is 3.58. The highest BCUT2D eigenvalue weighted by Gasteiger charge is 2.02. The van der Waals surface area contributed by atoms with Crippen LogP contribution in [0.5, 0.6) is 0 Å². The number of rotatable bonds is 3. The molecule has 1 amide bonds. The Bertz CT molecular complexity index is 610. The van der Waals surface area contributed by atoms with Gasteiger partial charge in [-0.1, -0.05) is 31.2 Å². The van der Waals surface area contributed by atoms with Gasteiger partial charge in [-0.05, 0) is 18.1 Å². The Hall–Kier alpha value is -1.68. The summed E-state index contributed by atoms with van der Waals surface area (Å²) in [4.78, 5) is 16.3. The van der Waals surface area contributed by atoms with Gasteiger partial charge in [0, 0.05) is 18.0 Å². The van der Waals surface area contributed by atoms with Crippen LogP contribution < -0.4 is 4.80 Å². The molecule has 1 aromatic heterocycles. The maximum absolute atomic E-state index is 11.4. The van der Waals surface area contributed by atoms with Crippen LogP contribution in [0.3, 0.4) is 0 Å². The van der Waals surface area contributed by atoms with Gasteiger partial charge in [-0.15, -0.1) is 11.3 Å². The second-order valence-electron chi connectivity index (χ2n) is 4.10. The van der Waals surface area contributed by atoms with Gasteiger partial charge in [-0.2, -0.15) is 4.99 Å². The first-order chi connectivity index (χ1) is 8.70. The monoisotopic (exact) mass is 260 g/mol. The van der Waals surface area contributed by atoms with Crippen molar-refractivity contribution < 1.29 is 4.79 Å². The predicted molar refractivity (Wildman–Crippen MR) is 73.5 cm³/mol. The van der Waals surface area contributed by atoms with Crippen molar-refractivity contribution >= 4 is 17.2 Å². The molecule has 2 rings (SSSR count). The molecule has 0 unspecified atom stereocenters. The molecule has 1 aromatic carbocycles. The Morgan fingerprint density at radius 1 is 1.39 bits per heavy atom. The molecule has 0 saturated heterocycles. The Morgan fingerprint density at radius 2 is 2.17 bits per heavy atom. The van der Waals surface area contributed by atoms with Gasteiger partial charge in [0.15, 0.2) is 4.80 Å². The lowest BCUT2D eigenvalue weighted by atomic mass is 10.1. The van der Waals surface area contributed by atoms with E-state index in [0.29, 0.717) is 6.42 Å². The van der Waals surface area contributed by atoms with Gasteiger partial charge in [-0.25, -0.2) is 0 Å². The molecule has 0 saturated carbocycles. The zero-order valence-corrected chi connectivity index (χ0v) is 11.4. The zero-order valence-electron chi connectivity index (χ0n) is 10.6. The molecule has 0 atom stereocenters. The van der Waals surface area contributed by atoms with Crippen molar-refractivity contribution in [1.29, 1.82) is 0 Å². The Morgan fingerprint density at radius 3 is 2.89 bits per heavy atom. The lowest BCUT2D eigenvalue weighted by Crippen LogP contribution is -2.17. The van der Waals surface area contributed by atoms with E-state index in [1.807, 2.05) is 35.2 Å². The summed E-state index contributed by atoms with van der Waals surface area (Å²) in [6.45, 7) is 4.67. The first-order valence-corrected chi connectivity index (χ1v) is 6.84. The second kappa shape index (κ2) is 5.78. The fourth-order valence-corrected chi connectivity index (χ4v) is 2.41. The van der Waals surface area contributed by atoms with E-state index in [1.165, 1.54) is 22.5 Å². The van der Waals surface area contributed by atoms with Crippen LogP contribution in [0.25, 0.3) is 0 Å². The number of carbonyl (C=O) groups excluding carboxylic acids is 1. The molecule has 0 aliphatic heterocycles. The Balaban J connectivity index is 2.31. The van der Waals surface area contributed by atoms with Gasteiger partial charge in [-0.3, -0.25) is 4.79 Å². The molecule has 1 heterocycles. The molecule has 0 aliphatic rings. The normalized spacial score (nSPS) is 11.8. The fraction of sp³-hybridized carbons (Fsp3) is 0.286. The number of hydrogen-bond acceptors (Lipinski definition) is 2. The third kappa shape index (κ3) is 2.96. The van der Waals surface area contributed by atoms with E-state index in [1.54, 1.807) is 0 Å². The molecule has 94 valence electrons. The lowest BCUT2D eigenvalue weighted by Gasteiger charge is -2.06. The molecular formula is C14H16N2OS.